The van der Waals surface area contributed by atoms with Gasteiger partial charge in [-0.25, -0.2) is 9.59 Å². The summed E-state index contributed by atoms with van der Waals surface area (Å²) < 4.78 is 0. The van der Waals surface area contributed by atoms with Crippen LogP contribution in [0.15, 0.2) is 0 Å². The number of likely N-dealkylation sites (tertiary alicyclic amines) is 2. The Balaban J connectivity index is 1.45. The van der Waals surface area contributed by atoms with Crippen LogP contribution in [0.25, 0.3) is 0 Å². The van der Waals surface area contributed by atoms with Crippen molar-refractivity contribution >= 4 is 12.0 Å². The number of urea groups is 1. The molecule has 1 saturated carbocycles. The van der Waals surface area contributed by atoms with E-state index in [-0.39, 0.29) is 6.03 Å². The van der Waals surface area contributed by atoms with Crippen LogP contribution in [0.2, 0.25) is 0 Å². The summed E-state index contributed by atoms with van der Waals surface area (Å²) in [5.41, 5.74) is 0. The number of carboxylic acids is 1. The maximum absolute atomic E-state index is 12.3. The number of nitrogens with one attached hydrogen (secondary N) is 1. The standard InChI is InChI=1S/C19H33N3O3/c23-18(24)17(20-19(25)22-12-2-1-3-13-22)14-15-6-8-16(9-7-15)21-10-4-5-11-21/h15-17H,1-14H2,(H,20,25)(H,23,24)/t15?,16?,17-/m0/s1. The molecule has 0 unspecified atom stereocenters. The normalized spacial score (nSPS) is 29.4. The molecule has 1 aliphatic carbocycles. The van der Waals surface area contributed by atoms with Gasteiger partial charge in [0.2, 0.25) is 0 Å². The van der Waals surface area contributed by atoms with Crippen molar-refractivity contribution in [2.45, 2.75) is 76.3 Å². The van der Waals surface area contributed by atoms with Gasteiger partial charge in [-0.15, -0.1) is 0 Å². The van der Waals surface area contributed by atoms with Gasteiger partial charge < -0.3 is 20.2 Å². The maximum atomic E-state index is 12.3. The van der Waals surface area contributed by atoms with Crippen LogP contribution in [-0.2, 0) is 4.79 Å². The summed E-state index contributed by atoms with van der Waals surface area (Å²) in [7, 11) is 0. The smallest absolute Gasteiger partial charge is 0.326 e. The predicted octanol–water partition coefficient (Wildman–Crippen LogP) is 2.68. The largest absolute Gasteiger partial charge is 0.480 e. The Hall–Kier alpha value is -1.30. The van der Waals surface area contributed by atoms with Gasteiger partial charge in [-0.3, -0.25) is 0 Å². The first-order valence-corrected chi connectivity index (χ1v) is 10.2. The fourth-order valence-corrected chi connectivity index (χ4v) is 4.74. The number of aliphatic carboxylic acids is 1. The first-order chi connectivity index (χ1) is 12.1. The molecule has 0 aromatic carbocycles. The van der Waals surface area contributed by atoms with E-state index in [1.54, 1.807) is 4.90 Å². The topological polar surface area (TPSA) is 72.9 Å². The molecule has 2 amide bonds. The molecule has 6 nitrogen and oxygen atoms in total. The fraction of sp³-hybridized carbons (Fsp3) is 0.895. The molecular weight excluding hydrogens is 318 g/mol. The lowest BCUT2D eigenvalue weighted by atomic mass is 9.82. The van der Waals surface area contributed by atoms with Crippen LogP contribution in [0.5, 0.6) is 0 Å². The molecule has 0 spiro atoms. The molecule has 25 heavy (non-hydrogen) atoms. The average Bonchev–Trinajstić information content (AvgIpc) is 3.17. The quantitative estimate of drug-likeness (QED) is 0.799. The van der Waals surface area contributed by atoms with Crippen LogP contribution >= 0.6 is 0 Å². The SMILES string of the molecule is O=C(O)[C@H](CC1CCC(N2CCCC2)CC1)NC(=O)N1CCCCC1. The molecule has 142 valence electrons. The third-order valence-electron chi connectivity index (χ3n) is 6.28. The summed E-state index contributed by atoms with van der Waals surface area (Å²) in [5, 5.41) is 12.3. The molecule has 2 aliphatic heterocycles. The number of hydrogen-bond donors (Lipinski definition) is 2. The Labute approximate surface area is 150 Å². The number of hydrogen-bond acceptors (Lipinski definition) is 3. The van der Waals surface area contributed by atoms with Crippen LogP contribution in [0.4, 0.5) is 4.79 Å². The molecule has 2 N–H and O–H groups in total. The zero-order chi connectivity index (χ0) is 17.6. The van der Waals surface area contributed by atoms with Gasteiger partial charge in [-0.05, 0) is 83.2 Å². The highest BCUT2D eigenvalue weighted by atomic mass is 16.4. The summed E-state index contributed by atoms with van der Waals surface area (Å²) in [4.78, 5) is 28.3. The lowest BCUT2D eigenvalue weighted by Crippen LogP contribution is -2.50. The zero-order valence-corrected chi connectivity index (χ0v) is 15.3. The number of carbonyl (C=O) groups is 2. The van der Waals surface area contributed by atoms with Crippen molar-refractivity contribution in [1.29, 1.82) is 0 Å². The van der Waals surface area contributed by atoms with Gasteiger partial charge in [0.05, 0.1) is 0 Å². The van der Waals surface area contributed by atoms with Crippen molar-refractivity contribution in [3.63, 3.8) is 0 Å². The highest BCUT2D eigenvalue weighted by Gasteiger charge is 2.31. The lowest BCUT2D eigenvalue weighted by Gasteiger charge is -2.35. The van der Waals surface area contributed by atoms with E-state index in [1.807, 2.05) is 0 Å². The molecule has 3 fully saturated rings. The van der Waals surface area contributed by atoms with E-state index in [0.717, 1.165) is 45.2 Å². The van der Waals surface area contributed by atoms with Crippen LogP contribution in [0.3, 0.4) is 0 Å². The molecular formula is C19H33N3O3. The minimum Gasteiger partial charge on any atom is -0.480 e. The minimum atomic E-state index is -0.896. The second-order valence-corrected chi connectivity index (χ2v) is 8.04. The van der Waals surface area contributed by atoms with Gasteiger partial charge in [0, 0.05) is 19.1 Å². The lowest BCUT2D eigenvalue weighted by molar-refractivity contribution is -0.139. The van der Waals surface area contributed by atoms with Crippen LogP contribution in [-0.4, -0.2) is 65.2 Å². The van der Waals surface area contributed by atoms with Gasteiger partial charge in [0.1, 0.15) is 6.04 Å². The van der Waals surface area contributed by atoms with Crippen molar-refractivity contribution in [2.24, 2.45) is 5.92 Å². The summed E-state index contributed by atoms with van der Waals surface area (Å²) in [6.45, 7) is 3.97. The number of amides is 2. The molecule has 0 aromatic heterocycles. The molecule has 0 aromatic rings. The van der Waals surface area contributed by atoms with Crippen molar-refractivity contribution < 1.29 is 14.7 Å². The number of nitrogens with zero attached hydrogens (tertiary/aromatic N) is 2. The number of carboxylic acid groups (broad SMARTS) is 1. The molecule has 6 heteroatoms. The summed E-state index contributed by atoms with van der Waals surface area (Å²) in [6.07, 6.45) is 10.9. The summed E-state index contributed by atoms with van der Waals surface area (Å²) in [5.74, 6) is -0.478. The molecule has 2 heterocycles. The Morgan fingerprint density at radius 3 is 2.12 bits per heavy atom. The first-order valence-electron chi connectivity index (χ1n) is 10.2. The van der Waals surface area contributed by atoms with Crippen molar-refractivity contribution in [1.82, 2.24) is 15.1 Å². The van der Waals surface area contributed by atoms with Gasteiger partial charge in [-0.2, -0.15) is 0 Å². The van der Waals surface area contributed by atoms with Crippen LogP contribution in [0.1, 0.15) is 64.2 Å². The van der Waals surface area contributed by atoms with Crippen LogP contribution in [0, 0.1) is 5.92 Å². The van der Waals surface area contributed by atoms with Crippen molar-refractivity contribution in [3.8, 4) is 0 Å². The highest BCUT2D eigenvalue weighted by molar-refractivity contribution is 5.82. The van der Waals surface area contributed by atoms with Gasteiger partial charge in [0.25, 0.3) is 0 Å². The molecule has 0 radical (unpaired) electrons. The van der Waals surface area contributed by atoms with E-state index in [0.29, 0.717) is 18.4 Å². The molecule has 2 saturated heterocycles. The van der Waals surface area contributed by atoms with Gasteiger partial charge in [-0.1, -0.05) is 0 Å². The molecule has 3 rings (SSSR count). The molecule has 0 bridgehead atoms. The Bertz CT molecular complexity index is 451. The van der Waals surface area contributed by atoms with E-state index in [9.17, 15) is 14.7 Å². The zero-order valence-electron chi connectivity index (χ0n) is 15.3. The minimum absolute atomic E-state index is 0.196. The molecule has 1 atom stereocenters. The number of piperidine rings is 1. The second-order valence-electron chi connectivity index (χ2n) is 8.04. The Morgan fingerprint density at radius 2 is 1.52 bits per heavy atom. The van der Waals surface area contributed by atoms with Crippen molar-refractivity contribution in [2.75, 3.05) is 26.2 Å². The van der Waals surface area contributed by atoms with E-state index < -0.39 is 12.0 Å². The maximum Gasteiger partial charge on any atom is 0.326 e. The monoisotopic (exact) mass is 351 g/mol. The van der Waals surface area contributed by atoms with Crippen LogP contribution < -0.4 is 5.32 Å². The predicted molar refractivity (Wildman–Crippen MR) is 96.5 cm³/mol. The average molecular weight is 351 g/mol. The van der Waals surface area contributed by atoms with E-state index in [2.05, 4.69) is 10.2 Å². The van der Waals surface area contributed by atoms with Gasteiger partial charge in [0.15, 0.2) is 0 Å². The van der Waals surface area contributed by atoms with E-state index in [1.165, 1.54) is 38.8 Å². The van der Waals surface area contributed by atoms with Crippen molar-refractivity contribution in [3.05, 3.63) is 0 Å². The molecule has 3 aliphatic rings. The van der Waals surface area contributed by atoms with E-state index in [4.69, 9.17) is 0 Å². The second kappa shape index (κ2) is 8.88. The fourth-order valence-electron chi connectivity index (χ4n) is 4.74. The third-order valence-corrected chi connectivity index (χ3v) is 6.28. The number of rotatable bonds is 5. The summed E-state index contributed by atoms with van der Waals surface area (Å²) >= 11 is 0. The Kier molecular flexibility index (Phi) is 6.57. The third kappa shape index (κ3) is 5.09. The van der Waals surface area contributed by atoms with E-state index >= 15 is 0 Å². The first kappa shape index (κ1) is 18.5. The highest BCUT2D eigenvalue weighted by Crippen LogP contribution is 2.32. The summed E-state index contributed by atoms with van der Waals surface area (Å²) in [6, 6.07) is -0.245. The Morgan fingerprint density at radius 1 is 0.920 bits per heavy atom. The van der Waals surface area contributed by atoms with Gasteiger partial charge >= 0.3 is 12.0 Å². The number of carbonyl (C=O) groups excluding carboxylic acids is 1.